The van der Waals surface area contributed by atoms with E-state index in [-0.39, 0.29) is 30.4 Å². The first-order chi connectivity index (χ1) is 18.6. The molecule has 17 heteroatoms. The van der Waals surface area contributed by atoms with Gasteiger partial charge < -0.3 is 24.7 Å². The van der Waals surface area contributed by atoms with E-state index in [1.54, 1.807) is 0 Å². The standard InChI is InChI=1S/C22H19BrN5O10P/c1-9(29)35-19-18-15(37-22(19)28-8-27-17-20(24)25-7-26-21(17)28)6-34-39(32,38-18)33-5-10-2-16(31)36-14-4-13(30)12(23)3-11(10)14/h2-4,7-8,15,18-19,22,30H,5-6H2,1H3,(H2,24,25,26)/t15-,18-,19-,22-,39?/m1/s1. The number of benzene rings is 1. The maximum absolute atomic E-state index is 13.5. The zero-order valence-electron chi connectivity index (χ0n) is 19.9. The predicted molar refractivity (Wildman–Crippen MR) is 134 cm³/mol. The first kappa shape index (κ1) is 25.9. The number of phosphoric ester groups is 1. The highest BCUT2D eigenvalue weighted by Gasteiger charge is 2.56. The van der Waals surface area contributed by atoms with Crippen molar-refractivity contribution >= 4 is 57.7 Å². The van der Waals surface area contributed by atoms with Crippen LogP contribution in [0.4, 0.5) is 5.82 Å². The summed E-state index contributed by atoms with van der Waals surface area (Å²) in [7, 11) is -4.24. The molecule has 2 aliphatic heterocycles. The molecule has 5 heterocycles. The molecule has 15 nitrogen and oxygen atoms in total. The minimum absolute atomic E-state index is 0.101. The van der Waals surface area contributed by atoms with Gasteiger partial charge in [-0.1, -0.05) is 0 Å². The molecule has 0 bridgehead atoms. The van der Waals surface area contributed by atoms with Crippen LogP contribution in [0.25, 0.3) is 22.1 Å². The number of aromatic hydroxyl groups is 1. The maximum atomic E-state index is 13.5. The van der Waals surface area contributed by atoms with Crippen LogP contribution in [0, 0.1) is 0 Å². The van der Waals surface area contributed by atoms with Crippen LogP contribution in [0.5, 0.6) is 5.75 Å². The van der Waals surface area contributed by atoms with Gasteiger partial charge in [0.05, 0.1) is 24.0 Å². The molecule has 0 radical (unpaired) electrons. The summed E-state index contributed by atoms with van der Waals surface area (Å²) in [5.41, 5.74) is 6.25. The van der Waals surface area contributed by atoms with E-state index in [2.05, 4.69) is 30.9 Å². The van der Waals surface area contributed by atoms with Gasteiger partial charge in [-0.15, -0.1) is 0 Å². The zero-order valence-corrected chi connectivity index (χ0v) is 22.4. The number of hydrogen-bond acceptors (Lipinski definition) is 14. The smallest absolute Gasteiger partial charge is 0.475 e. The normalized spacial score (nSPS) is 26.6. The Bertz CT molecular complexity index is 1730. The van der Waals surface area contributed by atoms with Crippen LogP contribution < -0.4 is 11.4 Å². The lowest BCUT2D eigenvalue weighted by molar-refractivity contribution is -0.155. The third-order valence-corrected chi connectivity index (χ3v) is 8.22. The van der Waals surface area contributed by atoms with E-state index >= 15 is 0 Å². The summed E-state index contributed by atoms with van der Waals surface area (Å²) in [5, 5.41) is 10.3. The number of nitrogens with zero attached hydrogens (tertiary/aromatic N) is 4. The molecule has 0 aliphatic carbocycles. The Morgan fingerprint density at radius 2 is 2.13 bits per heavy atom. The van der Waals surface area contributed by atoms with Gasteiger partial charge in [-0.2, -0.15) is 0 Å². The Morgan fingerprint density at radius 3 is 2.92 bits per heavy atom. The molecule has 39 heavy (non-hydrogen) atoms. The monoisotopic (exact) mass is 623 g/mol. The number of rotatable bonds is 5. The van der Waals surface area contributed by atoms with Crippen LogP contribution in [0.2, 0.25) is 0 Å². The third kappa shape index (κ3) is 4.68. The molecule has 1 unspecified atom stereocenters. The van der Waals surface area contributed by atoms with E-state index in [1.807, 2.05) is 0 Å². The number of hydrogen-bond donors (Lipinski definition) is 2. The summed E-state index contributed by atoms with van der Waals surface area (Å²) in [6.45, 7) is 0.643. The molecule has 6 rings (SSSR count). The maximum Gasteiger partial charge on any atom is 0.475 e. The van der Waals surface area contributed by atoms with Crippen molar-refractivity contribution in [2.75, 3.05) is 12.3 Å². The number of carbonyl (C=O) groups is 1. The van der Waals surface area contributed by atoms with Gasteiger partial charge in [0.15, 0.2) is 23.8 Å². The lowest BCUT2D eigenvalue weighted by Gasteiger charge is -2.31. The molecule has 2 aliphatic rings. The molecule has 3 aromatic heterocycles. The summed E-state index contributed by atoms with van der Waals surface area (Å²) < 4.78 is 48.8. The largest absolute Gasteiger partial charge is 0.507 e. The lowest BCUT2D eigenvalue weighted by atomic mass is 10.1. The van der Waals surface area contributed by atoms with E-state index in [0.717, 1.165) is 0 Å². The molecule has 0 spiro atoms. The Morgan fingerprint density at radius 1 is 1.31 bits per heavy atom. The van der Waals surface area contributed by atoms with Crippen molar-refractivity contribution in [2.45, 2.75) is 38.1 Å². The predicted octanol–water partition coefficient (Wildman–Crippen LogP) is 2.55. The molecule has 0 saturated carbocycles. The first-order valence-electron chi connectivity index (χ1n) is 11.4. The highest BCUT2D eigenvalue weighted by atomic mass is 79.9. The number of esters is 1. The molecular formula is C22H19BrN5O10P. The number of halogens is 1. The van der Waals surface area contributed by atoms with Crippen LogP contribution in [0.15, 0.2) is 44.5 Å². The number of nitrogens with two attached hydrogens (primary N) is 1. The molecule has 2 saturated heterocycles. The van der Waals surface area contributed by atoms with Crippen molar-refractivity contribution in [3.05, 3.63) is 51.3 Å². The van der Waals surface area contributed by atoms with Gasteiger partial charge in [0, 0.05) is 24.4 Å². The van der Waals surface area contributed by atoms with Crippen molar-refractivity contribution in [2.24, 2.45) is 0 Å². The minimum atomic E-state index is -4.24. The van der Waals surface area contributed by atoms with Crippen LogP contribution in [-0.2, 0) is 39.0 Å². The van der Waals surface area contributed by atoms with Gasteiger partial charge in [0.25, 0.3) is 0 Å². The van der Waals surface area contributed by atoms with Crippen LogP contribution >= 0.6 is 23.8 Å². The number of phenolic OH excluding ortho intramolecular Hbond substituents is 1. The number of phosphoric acid groups is 1. The molecule has 2 fully saturated rings. The number of imidazole rings is 1. The summed E-state index contributed by atoms with van der Waals surface area (Å²) >= 11 is 3.21. The Hall–Kier alpha value is -3.40. The van der Waals surface area contributed by atoms with Crippen molar-refractivity contribution in [1.29, 1.82) is 0 Å². The Labute approximate surface area is 226 Å². The van der Waals surface area contributed by atoms with E-state index in [0.29, 0.717) is 26.6 Å². The van der Waals surface area contributed by atoms with E-state index in [4.69, 9.17) is 33.2 Å². The fourth-order valence-corrected chi connectivity index (χ4v) is 6.20. The second-order valence-corrected chi connectivity index (χ2v) is 11.2. The van der Waals surface area contributed by atoms with Gasteiger partial charge in [0.1, 0.15) is 35.4 Å². The Kier molecular flexibility index (Phi) is 6.40. The van der Waals surface area contributed by atoms with Gasteiger partial charge >= 0.3 is 19.4 Å². The average molecular weight is 624 g/mol. The average Bonchev–Trinajstić information content (AvgIpc) is 3.45. The van der Waals surface area contributed by atoms with Crippen LogP contribution in [0.1, 0.15) is 18.7 Å². The molecule has 204 valence electrons. The second-order valence-electron chi connectivity index (χ2n) is 8.70. The van der Waals surface area contributed by atoms with Gasteiger partial charge in [-0.25, -0.2) is 24.3 Å². The van der Waals surface area contributed by atoms with Gasteiger partial charge in [-0.05, 0) is 27.6 Å². The molecule has 0 amide bonds. The van der Waals surface area contributed by atoms with E-state index in [9.17, 15) is 19.3 Å². The summed E-state index contributed by atoms with van der Waals surface area (Å²) in [5.74, 6) is -0.607. The quantitative estimate of drug-likeness (QED) is 0.186. The number of ether oxygens (including phenoxy) is 2. The summed E-state index contributed by atoms with van der Waals surface area (Å²) in [6.07, 6.45) is -1.21. The number of aromatic nitrogens is 4. The lowest BCUT2D eigenvalue weighted by Crippen LogP contribution is -2.41. The fraction of sp³-hybridized carbons (Fsp3) is 0.318. The minimum Gasteiger partial charge on any atom is -0.507 e. The molecule has 3 N–H and O–H groups in total. The van der Waals surface area contributed by atoms with Crippen LogP contribution in [-0.4, -0.2) is 55.5 Å². The highest BCUT2D eigenvalue weighted by molar-refractivity contribution is 9.10. The fourth-order valence-electron chi connectivity index (χ4n) is 4.48. The number of phenols is 1. The van der Waals surface area contributed by atoms with Gasteiger partial charge in [-0.3, -0.25) is 22.9 Å². The highest BCUT2D eigenvalue weighted by Crippen LogP contribution is 2.57. The first-order valence-corrected chi connectivity index (χ1v) is 13.7. The van der Waals surface area contributed by atoms with Crippen LogP contribution in [0.3, 0.4) is 0 Å². The second kappa shape index (κ2) is 9.66. The summed E-state index contributed by atoms with van der Waals surface area (Å²) in [4.78, 5) is 36.4. The Balaban J connectivity index is 1.27. The third-order valence-electron chi connectivity index (χ3n) is 6.17. The van der Waals surface area contributed by atoms with Crippen molar-refractivity contribution in [3.63, 3.8) is 0 Å². The molecular weight excluding hydrogens is 605 g/mol. The van der Waals surface area contributed by atoms with E-state index < -0.39 is 44.0 Å². The number of nitrogen functional groups attached to an aromatic ring is 1. The van der Waals surface area contributed by atoms with E-state index in [1.165, 1.54) is 42.3 Å². The number of carbonyl (C=O) groups excluding carboxylic acids is 1. The van der Waals surface area contributed by atoms with Crippen molar-refractivity contribution in [1.82, 2.24) is 19.5 Å². The molecule has 4 aromatic rings. The molecule has 5 atom stereocenters. The van der Waals surface area contributed by atoms with Crippen molar-refractivity contribution < 1.29 is 41.9 Å². The van der Waals surface area contributed by atoms with Crippen molar-refractivity contribution in [3.8, 4) is 5.75 Å². The summed E-state index contributed by atoms with van der Waals surface area (Å²) in [6, 6.07) is 3.96. The van der Waals surface area contributed by atoms with Gasteiger partial charge in [0.2, 0.25) is 0 Å². The number of anilines is 1. The number of fused-ring (bicyclic) bond motifs is 3. The topological polar surface area (TPSA) is 200 Å². The zero-order chi connectivity index (χ0) is 27.5. The molecule has 1 aromatic carbocycles. The SMILES string of the molecule is CC(=O)O[C@@H]1[C@@H]2OP(=O)(OCc3cc(=O)oc4cc(O)c(Br)cc34)OC[C@H]2O[C@H]1n1cnc2c(N)ncnc21.